The minimum absolute atomic E-state index is 0. The van der Waals surface area contributed by atoms with Crippen LogP contribution in [-0.4, -0.2) is 39.1 Å². The number of carbonyl (C=O) groups excluding carboxylic acids is 1. The fourth-order valence-corrected chi connectivity index (χ4v) is 3.20. The van der Waals surface area contributed by atoms with Crippen LogP contribution in [0.15, 0.2) is 51.9 Å². The molecule has 2 aromatic rings. The van der Waals surface area contributed by atoms with Crippen molar-refractivity contribution < 1.29 is 9.53 Å². The molecule has 158 valence electrons. The first-order valence-electron chi connectivity index (χ1n) is 9.16. The van der Waals surface area contributed by atoms with E-state index in [1.807, 2.05) is 49.4 Å². The molecule has 2 rings (SSSR count). The second-order valence-corrected chi connectivity index (χ2v) is 7.16. The van der Waals surface area contributed by atoms with Crippen molar-refractivity contribution in [3.05, 3.63) is 58.1 Å². The van der Waals surface area contributed by atoms with Gasteiger partial charge < -0.3 is 20.7 Å². The number of carbonyl (C=O) groups is 1. The number of amides is 1. The van der Waals surface area contributed by atoms with Gasteiger partial charge in [-0.25, -0.2) is 0 Å². The topological polar surface area (TPSA) is 74.8 Å². The van der Waals surface area contributed by atoms with Crippen LogP contribution in [0.1, 0.15) is 17.5 Å². The summed E-state index contributed by atoms with van der Waals surface area (Å²) in [5.74, 6) is 1.51. The number of aryl methyl sites for hydroxylation is 1. The third-order valence-electron chi connectivity index (χ3n) is 4.21. The molecule has 0 radical (unpaired) electrons. The van der Waals surface area contributed by atoms with Gasteiger partial charge in [0.1, 0.15) is 5.75 Å². The molecule has 0 unspecified atom stereocenters. The molecule has 0 aromatic heterocycles. The third kappa shape index (κ3) is 8.61. The Morgan fingerprint density at radius 1 is 1.14 bits per heavy atom. The molecule has 0 bridgehead atoms. The van der Waals surface area contributed by atoms with Crippen molar-refractivity contribution in [3.8, 4) is 5.75 Å². The quantitative estimate of drug-likeness (QED) is 0.252. The molecule has 6 nitrogen and oxygen atoms in total. The highest BCUT2D eigenvalue weighted by Gasteiger charge is 2.06. The van der Waals surface area contributed by atoms with Crippen LogP contribution in [0.25, 0.3) is 0 Å². The second-order valence-electron chi connectivity index (χ2n) is 6.25. The van der Waals surface area contributed by atoms with Crippen molar-refractivity contribution in [2.45, 2.75) is 19.8 Å². The summed E-state index contributed by atoms with van der Waals surface area (Å²) in [4.78, 5) is 16.3. The van der Waals surface area contributed by atoms with E-state index >= 15 is 0 Å². The van der Waals surface area contributed by atoms with Gasteiger partial charge in [0.05, 0.1) is 7.11 Å². The number of para-hydroxylation sites is 1. The maximum atomic E-state index is 12.2. The Bertz CT molecular complexity index is 830. The standard InChI is InChI=1S/C21H27BrN4O2.HI/c1-15-14-17(22)8-9-18(15)26-20(27)11-13-25-21(23-2)24-12-10-16-6-4-5-7-19(16)28-3;/h4-9,14H,10-13H2,1-3H3,(H,26,27)(H2,23,24,25);1H. The number of nitrogens with one attached hydrogen (secondary N) is 3. The maximum absolute atomic E-state index is 12.2. The van der Waals surface area contributed by atoms with Crippen LogP contribution in [0, 0.1) is 6.92 Å². The molecule has 0 aliphatic carbocycles. The van der Waals surface area contributed by atoms with Crippen LogP contribution in [-0.2, 0) is 11.2 Å². The molecule has 0 aliphatic heterocycles. The Kier molecular flexibility index (Phi) is 11.7. The zero-order valence-electron chi connectivity index (χ0n) is 16.9. The van der Waals surface area contributed by atoms with Gasteiger partial charge in [-0.05, 0) is 48.7 Å². The number of guanidine groups is 1. The summed E-state index contributed by atoms with van der Waals surface area (Å²) >= 11 is 3.42. The van der Waals surface area contributed by atoms with Crippen molar-refractivity contribution in [1.82, 2.24) is 10.6 Å². The van der Waals surface area contributed by atoms with Crippen molar-refractivity contribution >= 4 is 57.5 Å². The lowest BCUT2D eigenvalue weighted by Gasteiger charge is -2.13. The zero-order valence-corrected chi connectivity index (χ0v) is 20.8. The molecular formula is C21H28BrIN4O2. The molecule has 29 heavy (non-hydrogen) atoms. The predicted octanol–water partition coefficient (Wildman–Crippen LogP) is 4.12. The molecular weight excluding hydrogens is 547 g/mol. The normalized spacial score (nSPS) is 10.7. The van der Waals surface area contributed by atoms with E-state index in [1.54, 1.807) is 14.2 Å². The van der Waals surface area contributed by atoms with Crippen LogP contribution in [0.2, 0.25) is 0 Å². The Morgan fingerprint density at radius 3 is 2.55 bits per heavy atom. The summed E-state index contributed by atoms with van der Waals surface area (Å²) in [6.07, 6.45) is 1.16. The Balaban J connectivity index is 0.00000420. The predicted molar refractivity (Wildman–Crippen MR) is 134 cm³/mol. The smallest absolute Gasteiger partial charge is 0.226 e. The van der Waals surface area contributed by atoms with Crippen molar-refractivity contribution in [2.24, 2.45) is 4.99 Å². The number of methoxy groups -OCH3 is 1. The van der Waals surface area contributed by atoms with E-state index in [9.17, 15) is 4.79 Å². The highest BCUT2D eigenvalue weighted by Crippen LogP contribution is 2.20. The van der Waals surface area contributed by atoms with E-state index < -0.39 is 0 Å². The summed E-state index contributed by atoms with van der Waals surface area (Å²) < 4.78 is 6.36. The molecule has 2 aromatic carbocycles. The highest BCUT2D eigenvalue weighted by molar-refractivity contribution is 14.0. The largest absolute Gasteiger partial charge is 0.496 e. The van der Waals surface area contributed by atoms with Gasteiger partial charge in [-0.3, -0.25) is 9.79 Å². The monoisotopic (exact) mass is 574 g/mol. The number of rotatable bonds is 8. The van der Waals surface area contributed by atoms with E-state index in [2.05, 4.69) is 36.9 Å². The molecule has 0 heterocycles. The highest BCUT2D eigenvalue weighted by atomic mass is 127. The van der Waals surface area contributed by atoms with Gasteiger partial charge in [-0.15, -0.1) is 24.0 Å². The molecule has 1 amide bonds. The molecule has 0 spiro atoms. The fraction of sp³-hybridized carbons (Fsp3) is 0.333. The van der Waals surface area contributed by atoms with Gasteiger partial charge >= 0.3 is 0 Å². The first kappa shape index (κ1) is 25.2. The lowest BCUT2D eigenvalue weighted by Crippen LogP contribution is -2.39. The minimum Gasteiger partial charge on any atom is -0.496 e. The molecule has 0 fully saturated rings. The number of halogens is 2. The minimum atomic E-state index is -0.0394. The van der Waals surface area contributed by atoms with Crippen LogP contribution >= 0.6 is 39.9 Å². The summed E-state index contributed by atoms with van der Waals surface area (Å²) in [6.45, 7) is 3.17. The number of ether oxygens (including phenoxy) is 1. The van der Waals surface area contributed by atoms with E-state index in [1.165, 1.54) is 0 Å². The molecule has 3 N–H and O–H groups in total. The zero-order chi connectivity index (χ0) is 20.4. The number of hydrogen-bond donors (Lipinski definition) is 3. The van der Waals surface area contributed by atoms with Gasteiger partial charge in [-0.2, -0.15) is 0 Å². The van der Waals surface area contributed by atoms with Crippen LogP contribution in [0.5, 0.6) is 5.75 Å². The average Bonchev–Trinajstić information content (AvgIpc) is 2.69. The van der Waals surface area contributed by atoms with Gasteiger partial charge in [0.25, 0.3) is 0 Å². The summed E-state index contributed by atoms with van der Waals surface area (Å²) in [6, 6.07) is 13.7. The first-order valence-corrected chi connectivity index (χ1v) is 9.95. The maximum Gasteiger partial charge on any atom is 0.226 e. The molecule has 8 heteroatoms. The van der Waals surface area contributed by atoms with E-state index in [4.69, 9.17) is 4.74 Å². The average molecular weight is 575 g/mol. The molecule has 0 atom stereocenters. The van der Waals surface area contributed by atoms with E-state index in [0.29, 0.717) is 25.5 Å². The number of anilines is 1. The van der Waals surface area contributed by atoms with E-state index in [0.717, 1.165) is 33.5 Å². The van der Waals surface area contributed by atoms with Gasteiger partial charge in [0.2, 0.25) is 5.91 Å². The molecule has 0 saturated carbocycles. The van der Waals surface area contributed by atoms with E-state index in [-0.39, 0.29) is 29.9 Å². The Labute approximate surface area is 198 Å². The lowest BCUT2D eigenvalue weighted by molar-refractivity contribution is -0.116. The lowest BCUT2D eigenvalue weighted by atomic mass is 10.1. The van der Waals surface area contributed by atoms with Crippen molar-refractivity contribution in [1.29, 1.82) is 0 Å². The Morgan fingerprint density at radius 2 is 1.86 bits per heavy atom. The van der Waals surface area contributed by atoms with Crippen LogP contribution < -0.4 is 20.7 Å². The Hall–Kier alpha value is -1.81. The number of nitrogens with zero attached hydrogens (tertiary/aromatic N) is 1. The molecule has 0 aliphatic rings. The third-order valence-corrected chi connectivity index (χ3v) is 4.70. The van der Waals surface area contributed by atoms with Crippen molar-refractivity contribution in [3.63, 3.8) is 0 Å². The van der Waals surface area contributed by atoms with Gasteiger partial charge in [0, 0.05) is 36.7 Å². The van der Waals surface area contributed by atoms with Crippen LogP contribution in [0.3, 0.4) is 0 Å². The second kappa shape index (κ2) is 13.4. The first-order chi connectivity index (χ1) is 13.5. The van der Waals surface area contributed by atoms with Crippen molar-refractivity contribution in [2.75, 3.05) is 32.6 Å². The van der Waals surface area contributed by atoms with Gasteiger partial charge in [0.15, 0.2) is 5.96 Å². The fourth-order valence-electron chi connectivity index (χ4n) is 2.72. The summed E-state index contributed by atoms with van der Waals surface area (Å²) in [5.41, 5.74) is 2.98. The number of benzene rings is 2. The number of hydrogen-bond acceptors (Lipinski definition) is 3. The number of aliphatic imine (C=N–C) groups is 1. The summed E-state index contributed by atoms with van der Waals surface area (Å²) in [7, 11) is 3.39. The van der Waals surface area contributed by atoms with Gasteiger partial charge in [-0.1, -0.05) is 34.1 Å². The molecule has 0 saturated heterocycles. The summed E-state index contributed by atoms with van der Waals surface area (Å²) in [5, 5.41) is 9.35. The van der Waals surface area contributed by atoms with Crippen LogP contribution in [0.4, 0.5) is 5.69 Å². The SMILES string of the molecule is CN=C(NCCC(=O)Nc1ccc(Br)cc1C)NCCc1ccccc1OC.I.